The van der Waals surface area contributed by atoms with Gasteiger partial charge < -0.3 is 0 Å². The number of hydrogen-bond acceptors (Lipinski definition) is 1. The molecule has 0 radical (unpaired) electrons. The van der Waals surface area contributed by atoms with Gasteiger partial charge in [-0.25, -0.2) is 0 Å². The molecule has 102 valence electrons. The fraction of sp³-hybridized carbons (Fsp3) is 1.00. The van der Waals surface area contributed by atoms with Crippen LogP contribution in [0, 0.1) is 5.41 Å². The minimum Gasteiger partial charge on any atom is -0.298 e. The molecule has 0 aliphatic carbocycles. The zero-order valence-corrected chi connectivity index (χ0v) is 12.6. The molecular formula is C15H37N. The summed E-state index contributed by atoms with van der Waals surface area (Å²) in [6, 6.07) is 0. The molecule has 0 unspecified atom stereocenters. The second-order valence-electron chi connectivity index (χ2n) is 6.51. The standard InChI is InChI=1S/C7H15N.C5H12.C2H6.CH4/c1-7(2,3)8-5-4-6-8;1-5(2,3)4;1-2;/h4-6H2,1-3H3;1-4H3;1-2H3;1H4. The Bertz CT molecular complexity index is 126. The predicted molar refractivity (Wildman–Crippen MR) is 79.2 cm³/mol. The Kier molecular flexibility index (Phi) is 12.0. The van der Waals surface area contributed by atoms with Crippen LogP contribution in [0.3, 0.4) is 0 Å². The molecule has 1 rings (SSSR count). The van der Waals surface area contributed by atoms with Crippen LogP contribution >= 0.6 is 0 Å². The Morgan fingerprint density at radius 2 is 1.00 bits per heavy atom. The van der Waals surface area contributed by atoms with Crippen molar-refractivity contribution in [1.29, 1.82) is 0 Å². The molecular weight excluding hydrogens is 194 g/mol. The maximum atomic E-state index is 2.49. The second-order valence-corrected chi connectivity index (χ2v) is 6.51. The Morgan fingerprint density at radius 1 is 0.750 bits per heavy atom. The van der Waals surface area contributed by atoms with E-state index in [0.717, 1.165) is 0 Å². The van der Waals surface area contributed by atoms with Crippen molar-refractivity contribution in [2.75, 3.05) is 13.1 Å². The molecule has 0 atom stereocenters. The van der Waals surface area contributed by atoms with Crippen LogP contribution < -0.4 is 0 Å². The Hall–Kier alpha value is -0.0400. The minimum absolute atomic E-state index is 0. The van der Waals surface area contributed by atoms with Gasteiger partial charge in [0, 0.05) is 5.54 Å². The summed E-state index contributed by atoms with van der Waals surface area (Å²) in [5.74, 6) is 0. The summed E-state index contributed by atoms with van der Waals surface area (Å²) in [4.78, 5) is 2.49. The average Bonchev–Trinajstić information content (AvgIpc) is 1.79. The van der Waals surface area contributed by atoms with Gasteiger partial charge in [0.1, 0.15) is 0 Å². The summed E-state index contributed by atoms with van der Waals surface area (Å²) in [6.07, 6.45) is 1.40. The highest BCUT2D eigenvalue weighted by molar-refractivity contribution is 4.81. The lowest BCUT2D eigenvalue weighted by Crippen LogP contribution is -2.49. The summed E-state index contributed by atoms with van der Waals surface area (Å²) in [5, 5.41) is 0. The molecule has 0 saturated carbocycles. The summed E-state index contributed by atoms with van der Waals surface area (Å²) in [6.45, 7) is 22.2. The van der Waals surface area contributed by atoms with Crippen LogP contribution in [0.4, 0.5) is 0 Å². The van der Waals surface area contributed by atoms with Crippen molar-refractivity contribution >= 4 is 0 Å². The topological polar surface area (TPSA) is 3.24 Å². The number of nitrogens with zero attached hydrogens (tertiary/aromatic N) is 1. The van der Waals surface area contributed by atoms with E-state index in [1.165, 1.54) is 19.5 Å². The van der Waals surface area contributed by atoms with Crippen molar-refractivity contribution in [2.24, 2.45) is 5.41 Å². The number of likely N-dealkylation sites (tertiary alicyclic amines) is 1. The van der Waals surface area contributed by atoms with E-state index in [-0.39, 0.29) is 7.43 Å². The fourth-order valence-corrected chi connectivity index (χ4v) is 0.987. The maximum Gasteiger partial charge on any atom is 0.0125 e. The first-order valence-corrected chi connectivity index (χ1v) is 6.36. The molecule has 0 bridgehead atoms. The third-order valence-electron chi connectivity index (χ3n) is 1.80. The quantitative estimate of drug-likeness (QED) is 0.553. The van der Waals surface area contributed by atoms with E-state index < -0.39 is 0 Å². The van der Waals surface area contributed by atoms with E-state index in [1.54, 1.807) is 0 Å². The van der Waals surface area contributed by atoms with Crippen molar-refractivity contribution in [1.82, 2.24) is 4.90 Å². The van der Waals surface area contributed by atoms with Gasteiger partial charge in [0.05, 0.1) is 0 Å². The van der Waals surface area contributed by atoms with E-state index in [4.69, 9.17) is 0 Å². The van der Waals surface area contributed by atoms with Crippen LogP contribution in [0.15, 0.2) is 0 Å². The predicted octanol–water partition coefficient (Wildman–Crippen LogP) is 5.21. The van der Waals surface area contributed by atoms with Crippen molar-refractivity contribution in [2.45, 2.75) is 81.7 Å². The summed E-state index contributed by atoms with van der Waals surface area (Å²) in [5.41, 5.74) is 0.929. The van der Waals surface area contributed by atoms with E-state index in [9.17, 15) is 0 Å². The molecule has 0 amide bonds. The van der Waals surface area contributed by atoms with Crippen LogP contribution in [0.25, 0.3) is 0 Å². The van der Waals surface area contributed by atoms with Crippen molar-refractivity contribution in [3.8, 4) is 0 Å². The van der Waals surface area contributed by atoms with Gasteiger partial charge in [-0.3, -0.25) is 4.90 Å². The van der Waals surface area contributed by atoms with Crippen molar-refractivity contribution in [3.05, 3.63) is 0 Å². The van der Waals surface area contributed by atoms with Crippen LogP contribution in [-0.2, 0) is 0 Å². The van der Waals surface area contributed by atoms with E-state index in [1.807, 2.05) is 13.8 Å². The molecule has 0 aromatic rings. The lowest BCUT2D eigenvalue weighted by atomic mass is 10.0. The molecule has 1 saturated heterocycles. The van der Waals surface area contributed by atoms with Gasteiger partial charge in [-0.05, 0) is 45.7 Å². The zero-order valence-electron chi connectivity index (χ0n) is 12.6. The SMILES string of the molecule is C.CC.CC(C)(C)C.CC(C)(C)N1CCC1. The highest BCUT2D eigenvalue weighted by Gasteiger charge is 2.25. The van der Waals surface area contributed by atoms with E-state index >= 15 is 0 Å². The Labute approximate surface area is 106 Å². The lowest BCUT2D eigenvalue weighted by molar-refractivity contribution is 0.0690. The van der Waals surface area contributed by atoms with Gasteiger partial charge in [0.15, 0.2) is 0 Å². The van der Waals surface area contributed by atoms with Crippen molar-refractivity contribution < 1.29 is 0 Å². The van der Waals surface area contributed by atoms with E-state index in [2.05, 4.69) is 53.4 Å². The van der Waals surface area contributed by atoms with Gasteiger partial charge in [-0.2, -0.15) is 0 Å². The van der Waals surface area contributed by atoms with Crippen molar-refractivity contribution in [3.63, 3.8) is 0 Å². The molecule has 0 aromatic heterocycles. The van der Waals surface area contributed by atoms with Crippen LogP contribution in [0.5, 0.6) is 0 Å². The first-order valence-electron chi connectivity index (χ1n) is 6.36. The van der Waals surface area contributed by atoms with Gasteiger partial charge in [0.2, 0.25) is 0 Å². The molecule has 1 nitrogen and oxygen atoms in total. The first-order chi connectivity index (χ1) is 6.61. The fourth-order valence-electron chi connectivity index (χ4n) is 0.987. The number of hydrogen-bond donors (Lipinski definition) is 0. The molecule has 1 fully saturated rings. The van der Waals surface area contributed by atoms with Crippen LogP contribution in [0.1, 0.15) is 76.2 Å². The van der Waals surface area contributed by atoms with Gasteiger partial charge >= 0.3 is 0 Å². The molecule has 0 N–H and O–H groups in total. The van der Waals surface area contributed by atoms with E-state index in [0.29, 0.717) is 11.0 Å². The molecule has 0 aromatic carbocycles. The van der Waals surface area contributed by atoms with Crippen LogP contribution in [-0.4, -0.2) is 23.5 Å². The zero-order chi connectivity index (χ0) is 12.7. The number of rotatable bonds is 0. The largest absolute Gasteiger partial charge is 0.298 e. The van der Waals surface area contributed by atoms with Gasteiger partial charge in [-0.1, -0.05) is 49.0 Å². The lowest BCUT2D eigenvalue weighted by Gasteiger charge is -2.42. The average molecular weight is 231 g/mol. The molecule has 1 aliphatic rings. The third-order valence-corrected chi connectivity index (χ3v) is 1.80. The molecule has 1 aliphatic heterocycles. The monoisotopic (exact) mass is 231 g/mol. The van der Waals surface area contributed by atoms with Gasteiger partial charge in [0.25, 0.3) is 0 Å². The molecule has 16 heavy (non-hydrogen) atoms. The first kappa shape index (κ1) is 21.3. The van der Waals surface area contributed by atoms with Gasteiger partial charge in [-0.15, -0.1) is 0 Å². The summed E-state index contributed by atoms with van der Waals surface area (Å²) in [7, 11) is 0. The minimum atomic E-state index is 0. The highest BCUT2D eigenvalue weighted by Crippen LogP contribution is 2.19. The smallest absolute Gasteiger partial charge is 0.0125 e. The summed E-state index contributed by atoms with van der Waals surface area (Å²) < 4.78 is 0. The Morgan fingerprint density at radius 3 is 1.00 bits per heavy atom. The normalized spacial score (nSPS) is 15.6. The summed E-state index contributed by atoms with van der Waals surface area (Å²) >= 11 is 0. The molecule has 1 heterocycles. The maximum absolute atomic E-state index is 2.49. The second kappa shape index (κ2) is 9.04. The Balaban J connectivity index is -0.000000187. The highest BCUT2D eigenvalue weighted by atomic mass is 15.2. The van der Waals surface area contributed by atoms with Crippen LogP contribution in [0.2, 0.25) is 0 Å². The molecule has 1 heteroatoms. The molecule has 0 spiro atoms. The third kappa shape index (κ3) is 16.4.